The van der Waals surface area contributed by atoms with Gasteiger partial charge in [-0.15, -0.1) is 0 Å². The van der Waals surface area contributed by atoms with Crippen molar-refractivity contribution in [3.63, 3.8) is 0 Å². The van der Waals surface area contributed by atoms with E-state index in [0.29, 0.717) is 6.42 Å². The minimum Gasteiger partial charge on any atom is -0.497 e. The van der Waals surface area contributed by atoms with E-state index in [1.807, 2.05) is 30.3 Å². The van der Waals surface area contributed by atoms with Crippen molar-refractivity contribution in [3.8, 4) is 17.0 Å². The Labute approximate surface area is 163 Å². The summed E-state index contributed by atoms with van der Waals surface area (Å²) in [7, 11) is -1.59. The number of rotatable bonds is 5. The largest absolute Gasteiger partial charge is 0.497 e. The van der Waals surface area contributed by atoms with Crippen LogP contribution in [0.4, 0.5) is 0 Å². The molecule has 0 bridgehead atoms. The molecule has 1 N–H and O–H groups in total. The normalized spacial score (nSPS) is 11.6. The standard InChI is InChI=1S/C21H19N3O3S/c1-27-16-5-3-4-14(12-16)13-19-20-18(23-24-19)10-11-22-21(20)15-6-8-17(9-7-15)28(2,25)26/h3-12H,13H2,1-2H3,(H,23,24). The molecular formula is C21H19N3O3S. The van der Waals surface area contributed by atoms with Crippen LogP contribution in [-0.4, -0.2) is 37.0 Å². The van der Waals surface area contributed by atoms with E-state index < -0.39 is 9.84 Å². The summed E-state index contributed by atoms with van der Waals surface area (Å²) in [5, 5.41) is 8.46. The molecule has 0 unspecified atom stereocenters. The molecule has 2 heterocycles. The highest BCUT2D eigenvalue weighted by Crippen LogP contribution is 2.30. The van der Waals surface area contributed by atoms with Crippen LogP contribution in [0.3, 0.4) is 0 Å². The lowest BCUT2D eigenvalue weighted by Gasteiger charge is -2.07. The number of aromatic nitrogens is 3. The van der Waals surface area contributed by atoms with Crippen molar-refractivity contribution in [3.05, 3.63) is 72.1 Å². The van der Waals surface area contributed by atoms with Crippen molar-refractivity contribution in [2.24, 2.45) is 0 Å². The lowest BCUT2D eigenvalue weighted by atomic mass is 10.0. The molecule has 0 saturated carbocycles. The maximum absolute atomic E-state index is 11.7. The molecule has 4 rings (SSSR count). The minimum absolute atomic E-state index is 0.284. The minimum atomic E-state index is -3.24. The summed E-state index contributed by atoms with van der Waals surface area (Å²) in [6.45, 7) is 0. The number of hydrogen-bond donors (Lipinski definition) is 1. The van der Waals surface area contributed by atoms with E-state index in [4.69, 9.17) is 4.74 Å². The van der Waals surface area contributed by atoms with Gasteiger partial charge in [0.2, 0.25) is 0 Å². The predicted octanol–water partition coefficient (Wildman–Crippen LogP) is 3.63. The monoisotopic (exact) mass is 393 g/mol. The van der Waals surface area contributed by atoms with Crippen LogP contribution in [-0.2, 0) is 16.3 Å². The zero-order valence-electron chi connectivity index (χ0n) is 15.5. The third kappa shape index (κ3) is 3.48. The van der Waals surface area contributed by atoms with Crippen LogP contribution in [0.2, 0.25) is 0 Å². The number of nitrogens with one attached hydrogen (secondary N) is 1. The lowest BCUT2D eigenvalue weighted by Crippen LogP contribution is -1.97. The second-order valence-corrected chi connectivity index (χ2v) is 8.60. The molecule has 7 heteroatoms. The molecule has 0 fully saturated rings. The number of ether oxygens (including phenoxy) is 1. The second kappa shape index (κ2) is 7.09. The third-order valence-corrected chi connectivity index (χ3v) is 5.74. The Morgan fingerprint density at radius 3 is 2.57 bits per heavy atom. The first-order valence-corrected chi connectivity index (χ1v) is 10.6. The van der Waals surface area contributed by atoms with Gasteiger partial charge >= 0.3 is 0 Å². The van der Waals surface area contributed by atoms with Crippen molar-refractivity contribution in [2.75, 3.05) is 13.4 Å². The molecule has 2 aromatic carbocycles. The number of hydrogen-bond acceptors (Lipinski definition) is 5. The summed E-state index contributed by atoms with van der Waals surface area (Å²) < 4.78 is 28.7. The number of H-pyrrole nitrogens is 1. The molecule has 2 aromatic heterocycles. The molecule has 0 amide bonds. The Morgan fingerprint density at radius 2 is 1.86 bits per heavy atom. The van der Waals surface area contributed by atoms with Gasteiger partial charge in [-0.1, -0.05) is 24.3 Å². The van der Waals surface area contributed by atoms with Gasteiger partial charge in [0.25, 0.3) is 0 Å². The van der Waals surface area contributed by atoms with Crippen LogP contribution in [0.5, 0.6) is 5.75 Å². The fourth-order valence-corrected chi connectivity index (χ4v) is 3.85. The molecule has 0 aliphatic rings. The molecule has 142 valence electrons. The summed E-state index contributed by atoms with van der Waals surface area (Å²) >= 11 is 0. The smallest absolute Gasteiger partial charge is 0.175 e. The highest BCUT2D eigenvalue weighted by molar-refractivity contribution is 7.90. The Hall–Kier alpha value is -3.19. The second-order valence-electron chi connectivity index (χ2n) is 6.58. The summed E-state index contributed by atoms with van der Waals surface area (Å²) in [5.74, 6) is 0.802. The van der Waals surface area contributed by atoms with Gasteiger partial charge in [0.1, 0.15) is 5.75 Å². The van der Waals surface area contributed by atoms with E-state index in [1.54, 1.807) is 37.6 Å². The maximum atomic E-state index is 11.7. The summed E-state index contributed by atoms with van der Waals surface area (Å²) in [6.07, 6.45) is 3.55. The Balaban J connectivity index is 1.79. The number of sulfone groups is 1. The first kappa shape index (κ1) is 18.2. The molecule has 0 atom stereocenters. The van der Waals surface area contributed by atoms with Crippen LogP contribution in [0.1, 0.15) is 11.3 Å². The van der Waals surface area contributed by atoms with Crippen LogP contribution in [0.25, 0.3) is 22.2 Å². The first-order chi connectivity index (χ1) is 13.5. The van der Waals surface area contributed by atoms with Gasteiger partial charge in [0.05, 0.1) is 23.2 Å². The van der Waals surface area contributed by atoms with Gasteiger partial charge < -0.3 is 4.74 Å². The Morgan fingerprint density at radius 1 is 1.07 bits per heavy atom. The van der Waals surface area contributed by atoms with Crippen molar-refractivity contribution in [1.82, 2.24) is 15.2 Å². The molecule has 0 spiro atoms. The van der Waals surface area contributed by atoms with E-state index in [-0.39, 0.29) is 4.90 Å². The first-order valence-electron chi connectivity index (χ1n) is 8.71. The molecule has 0 radical (unpaired) electrons. The van der Waals surface area contributed by atoms with Gasteiger partial charge in [-0.2, -0.15) is 5.10 Å². The van der Waals surface area contributed by atoms with Crippen LogP contribution in [0, 0.1) is 0 Å². The third-order valence-electron chi connectivity index (χ3n) is 4.61. The summed E-state index contributed by atoms with van der Waals surface area (Å²) in [4.78, 5) is 4.83. The fraction of sp³-hybridized carbons (Fsp3) is 0.143. The molecule has 4 aromatic rings. The molecule has 0 aliphatic carbocycles. The molecular weight excluding hydrogens is 374 g/mol. The number of nitrogens with zero attached hydrogens (tertiary/aromatic N) is 2. The average molecular weight is 393 g/mol. The van der Waals surface area contributed by atoms with Gasteiger partial charge in [0, 0.05) is 35.5 Å². The van der Waals surface area contributed by atoms with Crippen LogP contribution < -0.4 is 4.74 Å². The lowest BCUT2D eigenvalue weighted by molar-refractivity contribution is 0.414. The summed E-state index contributed by atoms with van der Waals surface area (Å²) in [5.41, 5.74) is 4.45. The maximum Gasteiger partial charge on any atom is 0.175 e. The number of methoxy groups -OCH3 is 1. The van der Waals surface area contributed by atoms with Crippen LogP contribution in [0.15, 0.2) is 65.7 Å². The fourth-order valence-electron chi connectivity index (χ4n) is 3.22. The number of benzene rings is 2. The average Bonchev–Trinajstić information content (AvgIpc) is 3.10. The van der Waals surface area contributed by atoms with Crippen LogP contribution >= 0.6 is 0 Å². The topological polar surface area (TPSA) is 84.9 Å². The van der Waals surface area contributed by atoms with E-state index in [9.17, 15) is 8.42 Å². The molecule has 28 heavy (non-hydrogen) atoms. The zero-order chi connectivity index (χ0) is 19.7. The SMILES string of the molecule is COc1cccc(Cc2[nH]nc3ccnc(-c4ccc(S(C)(=O)=O)cc4)c23)c1. The van der Waals surface area contributed by atoms with Gasteiger partial charge in [-0.05, 0) is 35.9 Å². The van der Waals surface area contributed by atoms with E-state index in [2.05, 4.69) is 15.2 Å². The highest BCUT2D eigenvalue weighted by Gasteiger charge is 2.15. The predicted molar refractivity (Wildman–Crippen MR) is 108 cm³/mol. The van der Waals surface area contributed by atoms with Gasteiger partial charge in [0.15, 0.2) is 9.84 Å². The highest BCUT2D eigenvalue weighted by atomic mass is 32.2. The Bertz CT molecular complexity index is 1250. The van der Waals surface area contributed by atoms with E-state index in [0.717, 1.165) is 39.2 Å². The van der Waals surface area contributed by atoms with Crippen molar-refractivity contribution >= 4 is 20.7 Å². The number of fused-ring (bicyclic) bond motifs is 1. The van der Waals surface area contributed by atoms with Gasteiger partial charge in [-0.25, -0.2) is 8.42 Å². The number of aromatic amines is 1. The molecule has 0 saturated heterocycles. The zero-order valence-corrected chi connectivity index (χ0v) is 16.3. The van der Waals surface area contributed by atoms with Crippen molar-refractivity contribution in [1.29, 1.82) is 0 Å². The Kier molecular flexibility index (Phi) is 4.60. The van der Waals surface area contributed by atoms with Crippen molar-refractivity contribution < 1.29 is 13.2 Å². The summed E-state index contributed by atoms with van der Waals surface area (Å²) in [6, 6.07) is 16.5. The van der Waals surface area contributed by atoms with E-state index >= 15 is 0 Å². The van der Waals surface area contributed by atoms with Crippen molar-refractivity contribution in [2.45, 2.75) is 11.3 Å². The molecule has 0 aliphatic heterocycles. The quantitative estimate of drug-likeness (QED) is 0.560. The van der Waals surface area contributed by atoms with Gasteiger partial charge in [-0.3, -0.25) is 10.1 Å². The molecule has 6 nitrogen and oxygen atoms in total. The number of pyridine rings is 1. The van der Waals surface area contributed by atoms with E-state index in [1.165, 1.54) is 6.26 Å².